The van der Waals surface area contributed by atoms with Crippen LogP contribution >= 0.6 is 23.2 Å². The molecule has 3 atom stereocenters. The fourth-order valence-electron chi connectivity index (χ4n) is 4.94. The van der Waals surface area contributed by atoms with Crippen molar-refractivity contribution in [3.63, 3.8) is 0 Å². The average Bonchev–Trinajstić information content (AvgIpc) is 3.06. The maximum atomic E-state index is 12.5. The Labute approximate surface area is 290 Å². The molecule has 1 aliphatic rings. The van der Waals surface area contributed by atoms with Crippen molar-refractivity contribution in [3.8, 4) is 0 Å². The van der Waals surface area contributed by atoms with Gasteiger partial charge < -0.3 is 55.3 Å². The predicted octanol–water partition coefficient (Wildman–Crippen LogP) is 1.34. The summed E-state index contributed by atoms with van der Waals surface area (Å²) in [5.41, 5.74) is 3.88. The Morgan fingerprint density at radius 2 is 1.44 bits per heavy atom. The molecule has 14 nitrogen and oxygen atoms in total. The van der Waals surface area contributed by atoms with Gasteiger partial charge in [0.2, 0.25) is 0 Å². The van der Waals surface area contributed by atoms with Gasteiger partial charge in [0, 0.05) is 61.5 Å². The summed E-state index contributed by atoms with van der Waals surface area (Å²) in [5.74, 6) is -1.71. The van der Waals surface area contributed by atoms with Gasteiger partial charge in [0.05, 0.1) is 46.2 Å². The van der Waals surface area contributed by atoms with Crippen molar-refractivity contribution in [3.05, 3.63) is 63.1 Å². The number of carbonyl (C=O) groups excluding carboxylic acids is 3. The number of nitrogens with zero attached hydrogens (tertiary/aromatic N) is 1. The van der Waals surface area contributed by atoms with Crippen LogP contribution in [0.3, 0.4) is 0 Å². The summed E-state index contributed by atoms with van der Waals surface area (Å²) in [6, 6.07) is 11.1. The molecular formula is C32H45Cl2N5O9. The van der Waals surface area contributed by atoms with E-state index in [1.165, 1.54) is 7.11 Å². The number of aliphatic hydroxyl groups excluding tert-OH is 2. The Hall–Kier alpha value is -3.05. The SMILES string of the molecule is COCCNC(=O)C(O)C(O)C(=O)NCCOCCOCCOCCNC(=O)Nc1cccc(C2CN(C)Cc3c(Cl)cc(Cl)cc32)c1. The zero-order valence-corrected chi connectivity index (χ0v) is 28.6. The third kappa shape index (κ3) is 13.1. The number of rotatable bonds is 20. The van der Waals surface area contributed by atoms with E-state index in [9.17, 15) is 24.6 Å². The van der Waals surface area contributed by atoms with E-state index < -0.39 is 24.0 Å². The first kappa shape index (κ1) is 39.4. The maximum absolute atomic E-state index is 12.5. The molecular weight excluding hydrogens is 669 g/mol. The van der Waals surface area contributed by atoms with Crippen molar-refractivity contribution in [1.82, 2.24) is 20.9 Å². The molecule has 0 bridgehead atoms. The molecule has 1 heterocycles. The number of methoxy groups -OCH3 is 1. The topological polar surface area (TPSA) is 180 Å². The molecule has 16 heteroatoms. The summed E-state index contributed by atoms with van der Waals surface area (Å²) in [6.07, 6.45) is -3.81. The van der Waals surface area contributed by atoms with Gasteiger partial charge in [-0.15, -0.1) is 0 Å². The molecule has 266 valence electrons. The van der Waals surface area contributed by atoms with Gasteiger partial charge in [-0.05, 0) is 48.0 Å². The summed E-state index contributed by atoms with van der Waals surface area (Å²) in [7, 11) is 3.50. The number of anilines is 1. The number of benzene rings is 2. The van der Waals surface area contributed by atoms with Gasteiger partial charge in [0.15, 0.2) is 12.2 Å². The minimum atomic E-state index is -1.91. The fraction of sp³-hybridized carbons (Fsp3) is 0.531. The molecule has 0 saturated carbocycles. The highest BCUT2D eigenvalue weighted by Crippen LogP contribution is 2.38. The van der Waals surface area contributed by atoms with Crippen molar-refractivity contribution < 1.29 is 43.5 Å². The molecule has 2 aromatic rings. The normalized spacial score (nSPS) is 15.7. The number of urea groups is 1. The number of carbonyl (C=O) groups is 3. The maximum Gasteiger partial charge on any atom is 0.319 e. The van der Waals surface area contributed by atoms with Crippen molar-refractivity contribution >= 4 is 46.7 Å². The van der Waals surface area contributed by atoms with E-state index in [0.717, 1.165) is 29.8 Å². The van der Waals surface area contributed by atoms with Crippen molar-refractivity contribution in [2.45, 2.75) is 24.7 Å². The Morgan fingerprint density at radius 1 is 0.854 bits per heavy atom. The monoisotopic (exact) mass is 713 g/mol. The van der Waals surface area contributed by atoms with Crippen LogP contribution in [0, 0.1) is 0 Å². The molecule has 0 aliphatic carbocycles. The Bertz CT molecular complexity index is 1340. The molecule has 48 heavy (non-hydrogen) atoms. The smallest absolute Gasteiger partial charge is 0.319 e. The van der Waals surface area contributed by atoms with Crippen molar-refractivity contribution in [2.75, 3.05) is 91.9 Å². The van der Waals surface area contributed by atoms with Gasteiger partial charge >= 0.3 is 6.03 Å². The van der Waals surface area contributed by atoms with Crippen LogP contribution in [0.1, 0.15) is 22.6 Å². The zero-order chi connectivity index (χ0) is 34.9. The lowest BCUT2D eigenvalue weighted by atomic mass is 9.84. The highest BCUT2D eigenvalue weighted by Gasteiger charge is 2.30. The Balaban J connectivity index is 1.22. The van der Waals surface area contributed by atoms with Gasteiger partial charge in [-0.2, -0.15) is 0 Å². The minimum Gasteiger partial charge on any atom is -0.383 e. The lowest BCUT2D eigenvalue weighted by molar-refractivity contribution is -0.146. The number of halogens is 2. The standard InChI is InChI=1S/C32H45Cl2N5O9/c1-39-19-25(24-17-22(33)18-27(34)26(24)20-39)21-4-3-5-23(16-21)38-32(44)37-8-11-47-13-15-48-14-12-46-10-7-36-31(43)29(41)28(40)30(42)35-6-9-45-2/h3-5,16-18,25,28-29,40-41H,6-15,19-20H2,1-2H3,(H,35,42)(H,36,43)(H2,37,38,44). The minimum absolute atomic E-state index is 0.0594. The summed E-state index contributed by atoms with van der Waals surface area (Å²) in [5, 5.41) is 31.2. The number of likely N-dealkylation sites (N-methyl/N-ethyl adjacent to an activating group) is 1. The molecule has 3 rings (SSSR count). The lowest BCUT2D eigenvalue weighted by Gasteiger charge is -2.33. The number of aliphatic hydroxyl groups is 2. The number of nitrogens with one attached hydrogen (secondary N) is 4. The van der Waals surface area contributed by atoms with Gasteiger partial charge in [-0.1, -0.05) is 35.3 Å². The highest BCUT2D eigenvalue weighted by molar-refractivity contribution is 6.35. The van der Waals surface area contributed by atoms with E-state index in [2.05, 4.69) is 26.2 Å². The molecule has 1 aliphatic heterocycles. The van der Waals surface area contributed by atoms with E-state index >= 15 is 0 Å². The third-order valence-corrected chi connectivity index (χ3v) is 7.86. The number of ether oxygens (including phenoxy) is 4. The van der Waals surface area contributed by atoms with Crippen LogP contribution in [0.4, 0.5) is 10.5 Å². The Morgan fingerprint density at radius 3 is 2.06 bits per heavy atom. The van der Waals surface area contributed by atoms with Crippen LogP contribution in [-0.2, 0) is 35.1 Å². The van der Waals surface area contributed by atoms with Crippen molar-refractivity contribution in [2.24, 2.45) is 0 Å². The fourth-order valence-corrected chi connectivity index (χ4v) is 5.51. The van der Waals surface area contributed by atoms with Crippen LogP contribution in [0.25, 0.3) is 0 Å². The highest BCUT2D eigenvalue weighted by atomic mass is 35.5. The predicted molar refractivity (Wildman–Crippen MR) is 180 cm³/mol. The first-order chi connectivity index (χ1) is 23.1. The second-order valence-electron chi connectivity index (χ2n) is 11.0. The molecule has 0 aromatic heterocycles. The summed E-state index contributed by atoms with van der Waals surface area (Å²) in [4.78, 5) is 38.3. The van der Waals surface area contributed by atoms with Crippen LogP contribution in [0.2, 0.25) is 10.0 Å². The van der Waals surface area contributed by atoms with E-state index in [-0.39, 0.29) is 44.9 Å². The van der Waals surface area contributed by atoms with E-state index in [4.69, 9.17) is 42.1 Å². The molecule has 0 fully saturated rings. The van der Waals surface area contributed by atoms with Crippen LogP contribution < -0.4 is 21.3 Å². The second kappa shape index (κ2) is 21.1. The molecule has 6 N–H and O–H groups in total. The average molecular weight is 715 g/mol. The summed E-state index contributed by atoms with van der Waals surface area (Å²) >= 11 is 12.8. The molecule has 0 spiro atoms. The second-order valence-corrected chi connectivity index (χ2v) is 11.9. The van der Waals surface area contributed by atoms with E-state index in [1.54, 1.807) is 6.07 Å². The molecule has 0 radical (unpaired) electrons. The largest absolute Gasteiger partial charge is 0.383 e. The molecule has 2 aromatic carbocycles. The van der Waals surface area contributed by atoms with Crippen LogP contribution in [-0.4, -0.2) is 132 Å². The first-order valence-electron chi connectivity index (χ1n) is 15.6. The van der Waals surface area contributed by atoms with Crippen LogP contribution in [0.5, 0.6) is 0 Å². The first-order valence-corrected chi connectivity index (χ1v) is 16.3. The summed E-state index contributed by atoms with van der Waals surface area (Å²) < 4.78 is 21.0. The Kier molecular flexibility index (Phi) is 17.3. The quantitative estimate of drug-likeness (QED) is 0.110. The molecule has 3 unspecified atom stereocenters. The zero-order valence-electron chi connectivity index (χ0n) is 27.1. The van der Waals surface area contributed by atoms with Crippen LogP contribution in [0.15, 0.2) is 36.4 Å². The van der Waals surface area contributed by atoms with E-state index in [1.807, 2.05) is 37.4 Å². The lowest BCUT2D eigenvalue weighted by Crippen LogP contribution is -2.50. The third-order valence-electron chi connectivity index (χ3n) is 7.30. The van der Waals surface area contributed by atoms with E-state index in [0.29, 0.717) is 48.7 Å². The molecule has 4 amide bonds. The van der Waals surface area contributed by atoms with Gasteiger partial charge in [0.1, 0.15) is 0 Å². The van der Waals surface area contributed by atoms with Gasteiger partial charge in [0.25, 0.3) is 11.8 Å². The van der Waals surface area contributed by atoms with Crippen molar-refractivity contribution in [1.29, 1.82) is 0 Å². The number of amides is 4. The van der Waals surface area contributed by atoms with Gasteiger partial charge in [-0.3, -0.25) is 9.59 Å². The number of fused-ring (bicyclic) bond motifs is 1. The number of hydrogen-bond donors (Lipinski definition) is 6. The number of hydrogen-bond acceptors (Lipinski definition) is 10. The molecule has 0 saturated heterocycles. The summed E-state index contributed by atoms with van der Waals surface area (Å²) in [6.45, 7) is 3.94. The van der Waals surface area contributed by atoms with Gasteiger partial charge in [-0.25, -0.2) is 4.79 Å².